The smallest absolute Gasteiger partial charge is 0.408 e. The van der Waals surface area contributed by atoms with Crippen LogP contribution in [0.5, 0.6) is 0 Å². The first-order valence-corrected chi connectivity index (χ1v) is 21.3. The number of fused-ring (bicyclic) bond motifs is 1. The lowest BCUT2D eigenvalue weighted by molar-refractivity contribution is -0.130. The molecule has 0 spiro atoms. The number of ether oxygens (including phenoxy) is 1. The largest absolute Gasteiger partial charge is 0.445 e. The Hall–Kier alpha value is -4.62. The van der Waals surface area contributed by atoms with Gasteiger partial charge >= 0.3 is 6.09 Å². The van der Waals surface area contributed by atoms with Gasteiger partial charge < -0.3 is 36.0 Å². The summed E-state index contributed by atoms with van der Waals surface area (Å²) in [5.74, 6) is -3.71. The van der Waals surface area contributed by atoms with Crippen molar-refractivity contribution in [1.29, 1.82) is 0 Å². The van der Waals surface area contributed by atoms with E-state index < -0.39 is 61.3 Å². The number of thiazole rings is 1. The third kappa shape index (κ3) is 13.3. The van der Waals surface area contributed by atoms with Gasteiger partial charge in [0.05, 0.1) is 23.9 Å². The van der Waals surface area contributed by atoms with Crippen LogP contribution in [0.3, 0.4) is 0 Å². The summed E-state index contributed by atoms with van der Waals surface area (Å²) in [6.45, 7) is 7.04. The minimum absolute atomic E-state index is 0.0289. The molecule has 296 valence electrons. The fourth-order valence-electron chi connectivity index (χ4n) is 6.09. The maximum atomic E-state index is 14.2. The van der Waals surface area contributed by atoms with Gasteiger partial charge in [-0.2, -0.15) is 0 Å². The van der Waals surface area contributed by atoms with Crippen LogP contribution >= 0.6 is 18.7 Å². The average molecular weight is 794 g/mol. The fraction of sp³-hybridized carbons (Fsp3) is 0.425. The first kappa shape index (κ1) is 43.1. The SMILES string of the molecule is CCC(C)[C@@H](CO)NC(=O)CP(=O)(O)C(CC(C)C)NC(=O)[C@H](Cc1cscn1)NC(=O)[C@H](Cc1cccc2ccccc12)NC(=O)OCc1ccccc1. The van der Waals surface area contributed by atoms with E-state index in [1.807, 2.05) is 88.4 Å². The third-order valence-electron chi connectivity index (χ3n) is 9.39. The lowest BCUT2D eigenvalue weighted by Gasteiger charge is -2.29. The molecule has 0 aliphatic rings. The van der Waals surface area contributed by atoms with E-state index in [4.69, 9.17) is 4.74 Å². The molecule has 0 fully saturated rings. The van der Waals surface area contributed by atoms with Crippen LogP contribution in [-0.4, -0.2) is 75.5 Å². The third-order valence-corrected chi connectivity index (χ3v) is 12.1. The number of benzene rings is 3. The molecule has 0 saturated heterocycles. The van der Waals surface area contributed by atoms with Crippen LogP contribution in [0, 0.1) is 11.8 Å². The van der Waals surface area contributed by atoms with Gasteiger partial charge in [0, 0.05) is 18.2 Å². The lowest BCUT2D eigenvalue weighted by atomic mass is 9.98. The topological polar surface area (TPSA) is 196 Å². The van der Waals surface area contributed by atoms with Crippen LogP contribution in [-0.2, 0) is 43.1 Å². The van der Waals surface area contributed by atoms with E-state index in [0.29, 0.717) is 12.1 Å². The second-order valence-corrected chi connectivity index (χ2v) is 17.3. The molecule has 0 radical (unpaired) electrons. The number of hydrogen-bond acceptors (Lipinski definition) is 9. The van der Waals surface area contributed by atoms with Crippen LogP contribution in [0.2, 0.25) is 0 Å². The molecule has 15 heteroatoms. The summed E-state index contributed by atoms with van der Waals surface area (Å²) in [7, 11) is -4.38. The van der Waals surface area contributed by atoms with E-state index in [1.54, 1.807) is 23.0 Å². The normalized spacial score (nSPS) is 15.2. The standard InChI is InChI=1S/C40H52N5O8PS/c1-5-27(4)35(21-46)42-36(47)23-54(51,52)37(18-26(2)3)45-39(49)34(20-31-24-55-25-41-31)43-38(48)33(44-40(50)53-22-28-12-7-6-8-13-28)19-30-16-11-15-29-14-9-10-17-32(29)30/h6-17,24-27,33-35,37,46H,5,18-23H2,1-4H3,(H,42,47)(H,43,48)(H,44,50)(H,45,49)(H,51,52)/t27?,33-,34-,35+,37?/m0/s1. The molecule has 3 unspecified atom stereocenters. The molecule has 0 saturated carbocycles. The number of carbonyl (C=O) groups is 4. The summed E-state index contributed by atoms with van der Waals surface area (Å²) in [6.07, 6.45) is -0.870. The molecule has 13 nitrogen and oxygen atoms in total. The van der Waals surface area contributed by atoms with Crippen LogP contribution in [0.15, 0.2) is 83.7 Å². The quantitative estimate of drug-likeness (QED) is 0.0657. The minimum atomic E-state index is -4.38. The van der Waals surface area contributed by atoms with Gasteiger partial charge in [-0.05, 0) is 40.2 Å². The maximum Gasteiger partial charge on any atom is 0.408 e. The predicted molar refractivity (Wildman–Crippen MR) is 214 cm³/mol. The Morgan fingerprint density at radius 1 is 0.855 bits per heavy atom. The molecular weight excluding hydrogens is 742 g/mol. The summed E-state index contributed by atoms with van der Waals surface area (Å²) < 4.78 is 19.3. The van der Waals surface area contributed by atoms with Gasteiger partial charge in [-0.25, -0.2) is 9.78 Å². The monoisotopic (exact) mass is 793 g/mol. The molecule has 1 heterocycles. The molecular formula is C40H52N5O8PS. The molecule has 0 aliphatic carbocycles. The highest BCUT2D eigenvalue weighted by Gasteiger charge is 2.38. The van der Waals surface area contributed by atoms with E-state index in [-0.39, 0.29) is 44.3 Å². The summed E-state index contributed by atoms with van der Waals surface area (Å²) >= 11 is 1.30. The Morgan fingerprint density at radius 3 is 2.20 bits per heavy atom. The number of amides is 4. The Bertz CT molecular complexity index is 1910. The number of aliphatic hydroxyl groups is 1. The molecule has 1 aromatic heterocycles. The Labute approximate surface area is 326 Å². The zero-order valence-electron chi connectivity index (χ0n) is 31.6. The van der Waals surface area contributed by atoms with E-state index in [2.05, 4.69) is 26.3 Å². The van der Waals surface area contributed by atoms with Crippen molar-refractivity contribution in [2.24, 2.45) is 11.8 Å². The van der Waals surface area contributed by atoms with Crippen LogP contribution in [0.25, 0.3) is 10.8 Å². The number of rotatable bonds is 20. The van der Waals surface area contributed by atoms with Gasteiger partial charge in [-0.3, -0.25) is 18.9 Å². The molecule has 4 aromatic rings. The minimum Gasteiger partial charge on any atom is -0.445 e. The van der Waals surface area contributed by atoms with Gasteiger partial charge in [0.15, 0.2) is 0 Å². The number of carbonyl (C=O) groups excluding carboxylic acids is 4. The second-order valence-electron chi connectivity index (χ2n) is 14.2. The van der Waals surface area contributed by atoms with Crippen LogP contribution in [0.1, 0.15) is 57.4 Å². The number of nitrogens with zero attached hydrogens (tertiary/aromatic N) is 1. The van der Waals surface area contributed by atoms with Crippen molar-refractivity contribution in [1.82, 2.24) is 26.3 Å². The summed E-state index contributed by atoms with van der Waals surface area (Å²) in [5, 5.41) is 24.1. The van der Waals surface area contributed by atoms with Crippen molar-refractivity contribution in [2.45, 2.75) is 83.9 Å². The number of aliphatic hydroxyl groups excluding tert-OH is 1. The van der Waals surface area contributed by atoms with Gasteiger partial charge in [0.2, 0.25) is 25.1 Å². The van der Waals surface area contributed by atoms with Gasteiger partial charge in [-0.15, -0.1) is 11.3 Å². The van der Waals surface area contributed by atoms with Crippen molar-refractivity contribution in [3.8, 4) is 0 Å². The molecule has 4 rings (SSSR count). The highest BCUT2D eigenvalue weighted by molar-refractivity contribution is 7.59. The molecule has 0 aliphatic heterocycles. The van der Waals surface area contributed by atoms with E-state index in [0.717, 1.165) is 21.9 Å². The van der Waals surface area contributed by atoms with E-state index in [1.165, 1.54) is 11.3 Å². The molecule has 3 aromatic carbocycles. The maximum absolute atomic E-state index is 14.2. The number of aromatic nitrogens is 1. The van der Waals surface area contributed by atoms with Gasteiger partial charge in [0.25, 0.3) is 0 Å². The highest BCUT2D eigenvalue weighted by atomic mass is 32.1. The molecule has 6 N–H and O–H groups in total. The van der Waals surface area contributed by atoms with Gasteiger partial charge in [0.1, 0.15) is 30.6 Å². The van der Waals surface area contributed by atoms with Crippen LogP contribution in [0.4, 0.5) is 4.79 Å². The Morgan fingerprint density at radius 2 is 1.53 bits per heavy atom. The van der Waals surface area contributed by atoms with E-state index in [9.17, 15) is 33.7 Å². The fourth-order valence-corrected chi connectivity index (χ4v) is 8.47. The van der Waals surface area contributed by atoms with Crippen molar-refractivity contribution in [2.75, 3.05) is 12.8 Å². The second kappa shape index (κ2) is 20.9. The molecule has 0 bridgehead atoms. The zero-order valence-corrected chi connectivity index (χ0v) is 33.4. The first-order chi connectivity index (χ1) is 26.3. The first-order valence-electron chi connectivity index (χ1n) is 18.4. The summed E-state index contributed by atoms with van der Waals surface area (Å²) in [5.41, 5.74) is 3.61. The van der Waals surface area contributed by atoms with Gasteiger partial charge in [-0.1, -0.05) is 107 Å². The number of alkyl carbamates (subject to hydrolysis) is 1. The Balaban J connectivity index is 1.58. The number of hydrogen-bond donors (Lipinski definition) is 6. The summed E-state index contributed by atoms with van der Waals surface area (Å²) in [6, 6.07) is 19.3. The van der Waals surface area contributed by atoms with Crippen LogP contribution < -0.4 is 21.3 Å². The predicted octanol–water partition coefficient (Wildman–Crippen LogP) is 5.14. The molecule has 6 atom stereocenters. The van der Waals surface area contributed by atoms with Crippen molar-refractivity contribution < 1.29 is 38.5 Å². The molecule has 4 amide bonds. The van der Waals surface area contributed by atoms with Crippen molar-refractivity contribution in [3.05, 3.63) is 101 Å². The van der Waals surface area contributed by atoms with E-state index >= 15 is 0 Å². The average Bonchev–Trinajstić information content (AvgIpc) is 3.68. The molecule has 55 heavy (non-hydrogen) atoms. The summed E-state index contributed by atoms with van der Waals surface area (Å²) in [4.78, 5) is 70.0. The van der Waals surface area contributed by atoms with Crippen molar-refractivity contribution >= 4 is 53.3 Å². The van der Waals surface area contributed by atoms with Crippen molar-refractivity contribution in [3.63, 3.8) is 0 Å². The highest BCUT2D eigenvalue weighted by Crippen LogP contribution is 2.47. The Kier molecular flexibility index (Phi) is 16.4. The lowest BCUT2D eigenvalue weighted by Crippen LogP contribution is -2.56. The zero-order chi connectivity index (χ0) is 40.0. The number of nitrogens with one attached hydrogen (secondary N) is 4.